The van der Waals surface area contributed by atoms with Crippen LogP contribution in [0.5, 0.6) is 5.75 Å². The topological polar surface area (TPSA) is 47.6 Å². The van der Waals surface area contributed by atoms with Crippen molar-refractivity contribution >= 4 is 5.97 Å². The van der Waals surface area contributed by atoms with Gasteiger partial charge in [0.2, 0.25) is 0 Å². The first-order valence-electron chi connectivity index (χ1n) is 7.22. The number of hydrogen-bond acceptors (Lipinski definition) is 4. The van der Waals surface area contributed by atoms with Crippen molar-refractivity contribution in [2.75, 3.05) is 20.2 Å². The SMILES string of the molecule is COC(=O)Cc1ccc(OC(C)C2CCNCC2)cc1. The summed E-state index contributed by atoms with van der Waals surface area (Å²) in [4.78, 5) is 11.2. The molecular formula is C16H23NO3. The van der Waals surface area contributed by atoms with Crippen LogP contribution in [-0.2, 0) is 16.0 Å². The van der Waals surface area contributed by atoms with Crippen molar-refractivity contribution in [2.45, 2.75) is 32.3 Å². The summed E-state index contributed by atoms with van der Waals surface area (Å²) in [5.41, 5.74) is 0.943. The predicted molar refractivity (Wildman–Crippen MR) is 77.8 cm³/mol. The average Bonchev–Trinajstić information content (AvgIpc) is 2.50. The predicted octanol–water partition coefficient (Wildman–Crippen LogP) is 2.17. The lowest BCUT2D eigenvalue weighted by atomic mass is 9.93. The second kappa shape index (κ2) is 7.29. The third-order valence-electron chi connectivity index (χ3n) is 3.87. The van der Waals surface area contributed by atoms with Gasteiger partial charge in [0.15, 0.2) is 0 Å². The van der Waals surface area contributed by atoms with Crippen LogP contribution in [0.25, 0.3) is 0 Å². The second-order valence-electron chi connectivity index (χ2n) is 5.31. The van der Waals surface area contributed by atoms with E-state index in [1.54, 1.807) is 0 Å². The lowest BCUT2D eigenvalue weighted by Gasteiger charge is -2.28. The summed E-state index contributed by atoms with van der Waals surface area (Å²) in [5, 5.41) is 3.37. The second-order valence-corrected chi connectivity index (χ2v) is 5.31. The third-order valence-corrected chi connectivity index (χ3v) is 3.87. The lowest BCUT2D eigenvalue weighted by Crippen LogP contribution is -2.35. The molecular weight excluding hydrogens is 254 g/mol. The molecule has 1 saturated heterocycles. The molecule has 1 atom stereocenters. The van der Waals surface area contributed by atoms with E-state index in [9.17, 15) is 4.79 Å². The number of benzene rings is 1. The molecule has 0 aromatic heterocycles. The van der Waals surface area contributed by atoms with Crippen LogP contribution in [0.3, 0.4) is 0 Å². The number of piperidine rings is 1. The summed E-state index contributed by atoms with van der Waals surface area (Å²) < 4.78 is 10.6. The zero-order valence-electron chi connectivity index (χ0n) is 12.2. The highest BCUT2D eigenvalue weighted by molar-refractivity contribution is 5.72. The zero-order valence-corrected chi connectivity index (χ0v) is 12.2. The molecule has 1 fully saturated rings. The highest BCUT2D eigenvalue weighted by Gasteiger charge is 2.21. The van der Waals surface area contributed by atoms with E-state index in [2.05, 4.69) is 17.0 Å². The van der Waals surface area contributed by atoms with E-state index >= 15 is 0 Å². The van der Waals surface area contributed by atoms with Crippen molar-refractivity contribution < 1.29 is 14.3 Å². The molecule has 4 heteroatoms. The number of carbonyl (C=O) groups excluding carboxylic acids is 1. The van der Waals surface area contributed by atoms with Crippen LogP contribution in [0.1, 0.15) is 25.3 Å². The summed E-state index contributed by atoms with van der Waals surface area (Å²) in [7, 11) is 1.40. The van der Waals surface area contributed by atoms with E-state index in [0.29, 0.717) is 12.3 Å². The Morgan fingerprint density at radius 3 is 2.55 bits per heavy atom. The molecule has 2 rings (SSSR count). The van der Waals surface area contributed by atoms with Gasteiger partial charge in [0.1, 0.15) is 5.75 Å². The largest absolute Gasteiger partial charge is 0.490 e. The van der Waals surface area contributed by atoms with Crippen molar-refractivity contribution in [2.24, 2.45) is 5.92 Å². The van der Waals surface area contributed by atoms with Crippen molar-refractivity contribution in [1.82, 2.24) is 5.32 Å². The molecule has 1 heterocycles. The molecule has 4 nitrogen and oxygen atoms in total. The van der Waals surface area contributed by atoms with Crippen molar-refractivity contribution in [3.63, 3.8) is 0 Å². The summed E-state index contributed by atoms with van der Waals surface area (Å²) in [6, 6.07) is 7.69. The molecule has 1 aliphatic heterocycles. The fourth-order valence-electron chi connectivity index (χ4n) is 2.55. The molecule has 0 aliphatic carbocycles. The third kappa shape index (κ3) is 4.23. The lowest BCUT2D eigenvalue weighted by molar-refractivity contribution is -0.139. The van der Waals surface area contributed by atoms with E-state index in [0.717, 1.165) is 24.4 Å². The normalized spacial score (nSPS) is 17.5. The van der Waals surface area contributed by atoms with Crippen molar-refractivity contribution in [3.8, 4) is 5.75 Å². The van der Waals surface area contributed by atoms with Gasteiger partial charge in [-0.05, 0) is 56.5 Å². The minimum atomic E-state index is -0.221. The fourth-order valence-corrected chi connectivity index (χ4v) is 2.55. The number of rotatable bonds is 5. The van der Waals surface area contributed by atoms with Crippen molar-refractivity contribution in [3.05, 3.63) is 29.8 Å². The van der Waals surface area contributed by atoms with E-state index in [4.69, 9.17) is 4.74 Å². The first-order valence-corrected chi connectivity index (χ1v) is 7.22. The van der Waals surface area contributed by atoms with E-state index < -0.39 is 0 Å². The molecule has 0 bridgehead atoms. The van der Waals surface area contributed by atoms with Gasteiger partial charge in [0.05, 0.1) is 19.6 Å². The standard InChI is InChI=1S/C16H23NO3/c1-12(14-7-9-17-10-8-14)20-15-5-3-13(4-6-15)11-16(18)19-2/h3-6,12,14,17H,7-11H2,1-2H3. The molecule has 1 aromatic rings. The van der Waals surface area contributed by atoms with Gasteiger partial charge in [-0.2, -0.15) is 0 Å². The van der Waals surface area contributed by atoms with Gasteiger partial charge in [0, 0.05) is 0 Å². The number of ether oxygens (including phenoxy) is 2. The number of carbonyl (C=O) groups is 1. The quantitative estimate of drug-likeness (QED) is 0.838. The van der Waals surface area contributed by atoms with Gasteiger partial charge in [-0.1, -0.05) is 12.1 Å². The highest BCUT2D eigenvalue weighted by Crippen LogP contribution is 2.22. The Hall–Kier alpha value is -1.55. The molecule has 1 unspecified atom stereocenters. The van der Waals surface area contributed by atoms with Gasteiger partial charge < -0.3 is 14.8 Å². The fraction of sp³-hybridized carbons (Fsp3) is 0.562. The van der Waals surface area contributed by atoms with Gasteiger partial charge in [-0.3, -0.25) is 4.79 Å². The maximum Gasteiger partial charge on any atom is 0.309 e. The van der Waals surface area contributed by atoms with Gasteiger partial charge in [0.25, 0.3) is 0 Å². The van der Waals surface area contributed by atoms with Gasteiger partial charge >= 0.3 is 5.97 Å². The Balaban J connectivity index is 1.87. The number of nitrogens with one attached hydrogen (secondary N) is 1. The number of hydrogen-bond donors (Lipinski definition) is 1. The van der Waals surface area contributed by atoms with E-state index in [1.807, 2.05) is 24.3 Å². The monoisotopic (exact) mass is 277 g/mol. The Morgan fingerprint density at radius 1 is 1.30 bits per heavy atom. The maximum atomic E-state index is 11.2. The Kier molecular flexibility index (Phi) is 5.41. The Morgan fingerprint density at radius 2 is 1.95 bits per heavy atom. The summed E-state index contributed by atoms with van der Waals surface area (Å²) >= 11 is 0. The Bertz CT molecular complexity index is 424. The van der Waals surface area contributed by atoms with Crippen LogP contribution in [-0.4, -0.2) is 32.3 Å². The van der Waals surface area contributed by atoms with Crippen LogP contribution < -0.4 is 10.1 Å². The Labute approximate surface area is 120 Å². The minimum Gasteiger partial charge on any atom is -0.490 e. The smallest absolute Gasteiger partial charge is 0.309 e. The molecule has 20 heavy (non-hydrogen) atoms. The molecule has 1 aromatic carbocycles. The average molecular weight is 277 g/mol. The first-order chi connectivity index (χ1) is 9.69. The maximum absolute atomic E-state index is 11.2. The summed E-state index contributed by atoms with van der Waals surface area (Å²) in [6.45, 7) is 4.30. The van der Waals surface area contributed by atoms with Crippen LogP contribution in [0.4, 0.5) is 0 Å². The number of methoxy groups -OCH3 is 1. The van der Waals surface area contributed by atoms with Crippen molar-refractivity contribution in [1.29, 1.82) is 0 Å². The van der Waals surface area contributed by atoms with Gasteiger partial charge in [-0.25, -0.2) is 0 Å². The molecule has 1 N–H and O–H groups in total. The molecule has 0 saturated carbocycles. The van der Waals surface area contributed by atoms with Crippen LogP contribution in [0, 0.1) is 5.92 Å². The van der Waals surface area contributed by atoms with E-state index in [-0.39, 0.29) is 12.1 Å². The molecule has 110 valence electrons. The minimum absolute atomic E-state index is 0.221. The molecule has 0 spiro atoms. The molecule has 0 amide bonds. The van der Waals surface area contributed by atoms with Crippen LogP contribution in [0.15, 0.2) is 24.3 Å². The molecule has 0 radical (unpaired) electrons. The van der Waals surface area contributed by atoms with E-state index in [1.165, 1.54) is 20.0 Å². The zero-order chi connectivity index (χ0) is 14.4. The van der Waals surface area contributed by atoms with Crippen LogP contribution >= 0.6 is 0 Å². The van der Waals surface area contributed by atoms with Crippen LogP contribution in [0.2, 0.25) is 0 Å². The number of esters is 1. The first kappa shape index (κ1) is 14.9. The summed E-state index contributed by atoms with van der Waals surface area (Å²) in [5.74, 6) is 1.26. The van der Waals surface area contributed by atoms with Gasteiger partial charge in [-0.15, -0.1) is 0 Å². The summed E-state index contributed by atoms with van der Waals surface area (Å²) in [6.07, 6.45) is 2.87. The molecule has 1 aliphatic rings. The highest BCUT2D eigenvalue weighted by atomic mass is 16.5.